The third kappa shape index (κ3) is 3.10. The topological polar surface area (TPSA) is 47.4 Å². The van der Waals surface area contributed by atoms with E-state index in [1.807, 2.05) is 24.6 Å². The summed E-state index contributed by atoms with van der Waals surface area (Å²) < 4.78 is 7.60. The molecule has 0 spiro atoms. The van der Waals surface area contributed by atoms with Crippen LogP contribution in [0.1, 0.15) is 18.5 Å². The van der Waals surface area contributed by atoms with Crippen LogP contribution in [-0.4, -0.2) is 28.7 Å². The van der Waals surface area contributed by atoms with Gasteiger partial charge in [0.1, 0.15) is 11.9 Å². The number of rotatable bonds is 3. The smallest absolute Gasteiger partial charge is 0.254 e. The molecule has 0 amide bonds. The Kier molecular flexibility index (Phi) is 3.96. The van der Waals surface area contributed by atoms with E-state index in [9.17, 15) is 4.79 Å². The molecule has 1 aliphatic rings. The molecule has 1 saturated heterocycles. The number of piperidine rings is 1. The summed E-state index contributed by atoms with van der Waals surface area (Å²) in [7, 11) is 1.77. The standard InChI is InChI=1S/C15H19N3O2S/c1-11-9-13(10-14(19)17(11)2)20-12-3-6-18(7-4-12)15-16-5-8-21-15/h5,8-10,12H,3-4,6-7H2,1-2H3. The minimum atomic E-state index is -0.0229. The highest BCUT2D eigenvalue weighted by molar-refractivity contribution is 7.13. The minimum absolute atomic E-state index is 0.0229. The van der Waals surface area contributed by atoms with Crippen molar-refractivity contribution in [3.8, 4) is 5.75 Å². The molecular formula is C15H19N3O2S. The Bertz CT molecular complexity index is 658. The first-order valence-electron chi connectivity index (χ1n) is 7.12. The van der Waals surface area contributed by atoms with Crippen molar-refractivity contribution in [2.75, 3.05) is 18.0 Å². The Morgan fingerprint density at radius 3 is 2.71 bits per heavy atom. The SMILES string of the molecule is Cc1cc(OC2CCN(c3nccs3)CC2)cc(=O)n1C. The second-order valence-corrected chi connectivity index (χ2v) is 6.22. The maximum absolute atomic E-state index is 11.8. The Morgan fingerprint density at radius 1 is 1.33 bits per heavy atom. The van der Waals surface area contributed by atoms with Crippen LogP contribution >= 0.6 is 11.3 Å². The molecular weight excluding hydrogens is 286 g/mol. The van der Waals surface area contributed by atoms with Gasteiger partial charge in [-0.15, -0.1) is 11.3 Å². The number of ether oxygens (including phenoxy) is 1. The summed E-state index contributed by atoms with van der Waals surface area (Å²) in [6, 6.07) is 3.49. The highest BCUT2D eigenvalue weighted by Crippen LogP contribution is 2.24. The molecule has 5 nitrogen and oxygen atoms in total. The van der Waals surface area contributed by atoms with Crippen LogP contribution < -0.4 is 15.2 Å². The van der Waals surface area contributed by atoms with E-state index in [4.69, 9.17) is 4.74 Å². The number of aromatic nitrogens is 2. The van der Waals surface area contributed by atoms with Gasteiger partial charge in [-0.25, -0.2) is 4.98 Å². The van der Waals surface area contributed by atoms with Crippen molar-refractivity contribution in [1.82, 2.24) is 9.55 Å². The second-order valence-electron chi connectivity index (χ2n) is 5.35. The van der Waals surface area contributed by atoms with Crippen LogP contribution in [0, 0.1) is 6.92 Å². The number of thiazole rings is 1. The fourth-order valence-corrected chi connectivity index (χ4v) is 3.23. The summed E-state index contributed by atoms with van der Waals surface area (Å²) in [5, 5.41) is 3.08. The van der Waals surface area contributed by atoms with Gasteiger partial charge in [-0.1, -0.05) is 0 Å². The Morgan fingerprint density at radius 2 is 2.10 bits per heavy atom. The van der Waals surface area contributed by atoms with Crippen molar-refractivity contribution < 1.29 is 4.74 Å². The summed E-state index contributed by atoms with van der Waals surface area (Å²) in [5.41, 5.74) is 0.892. The van der Waals surface area contributed by atoms with Crippen LogP contribution in [0.2, 0.25) is 0 Å². The number of hydrogen-bond donors (Lipinski definition) is 0. The number of anilines is 1. The predicted octanol–water partition coefficient (Wildman–Crippen LogP) is 2.20. The highest BCUT2D eigenvalue weighted by Gasteiger charge is 2.22. The Hall–Kier alpha value is -1.82. The summed E-state index contributed by atoms with van der Waals surface area (Å²) in [5.74, 6) is 0.684. The zero-order valence-corrected chi connectivity index (χ0v) is 13.1. The predicted molar refractivity (Wildman–Crippen MR) is 84.4 cm³/mol. The summed E-state index contributed by atoms with van der Waals surface area (Å²) in [6.07, 6.45) is 3.92. The molecule has 0 atom stereocenters. The van der Waals surface area contributed by atoms with Gasteiger partial charge < -0.3 is 14.2 Å². The van der Waals surface area contributed by atoms with Gasteiger partial charge in [0, 0.05) is 56.3 Å². The normalized spacial score (nSPS) is 16.2. The third-order valence-electron chi connectivity index (χ3n) is 3.91. The largest absolute Gasteiger partial charge is 0.490 e. The molecule has 3 heterocycles. The van der Waals surface area contributed by atoms with Crippen molar-refractivity contribution in [3.63, 3.8) is 0 Å². The van der Waals surface area contributed by atoms with E-state index in [0.29, 0.717) is 5.75 Å². The van der Waals surface area contributed by atoms with Crippen LogP contribution in [0.4, 0.5) is 5.13 Å². The van der Waals surface area contributed by atoms with Crippen LogP contribution in [-0.2, 0) is 7.05 Å². The lowest BCUT2D eigenvalue weighted by Gasteiger charge is -2.32. The average Bonchev–Trinajstić information content (AvgIpc) is 3.00. The number of aryl methyl sites for hydroxylation is 1. The molecule has 112 valence electrons. The van der Waals surface area contributed by atoms with Gasteiger partial charge in [-0.3, -0.25) is 4.79 Å². The summed E-state index contributed by atoms with van der Waals surface area (Å²) in [4.78, 5) is 18.4. The van der Waals surface area contributed by atoms with E-state index >= 15 is 0 Å². The highest BCUT2D eigenvalue weighted by atomic mass is 32.1. The summed E-state index contributed by atoms with van der Waals surface area (Å²) in [6.45, 7) is 3.81. The first kappa shape index (κ1) is 14.1. The molecule has 6 heteroatoms. The zero-order valence-electron chi connectivity index (χ0n) is 12.3. The number of nitrogens with zero attached hydrogens (tertiary/aromatic N) is 3. The molecule has 0 radical (unpaired) electrons. The van der Waals surface area contributed by atoms with E-state index in [-0.39, 0.29) is 11.7 Å². The third-order valence-corrected chi connectivity index (χ3v) is 4.74. The molecule has 2 aromatic heterocycles. The van der Waals surface area contributed by atoms with Gasteiger partial charge in [-0.2, -0.15) is 0 Å². The molecule has 0 N–H and O–H groups in total. The van der Waals surface area contributed by atoms with Gasteiger partial charge >= 0.3 is 0 Å². The molecule has 0 unspecified atom stereocenters. The minimum Gasteiger partial charge on any atom is -0.490 e. The van der Waals surface area contributed by atoms with Gasteiger partial charge in [0.2, 0.25) is 0 Å². The van der Waals surface area contributed by atoms with Gasteiger partial charge in [-0.05, 0) is 13.0 Å². The Balaban J connectivity index is 1.62. The van der Waals surface area contributed by atoms with Crippen LogP contribution in [0.3, 0.4) is 0 Å². The lowest BCUT2D eigenvalue weighted by Crippen LogP contribution is -2.38. The molecule has 0 aromatic carbocycles. The molecule has 21 heavy (non-hydrogen) atoms. The fourth-order valence-electron chi connectivity index (χ4n) is 2.53. The molecule has 2 aromatic rings. The monoisotopic (exact) mass is 305 g/mol. The lowest BCUT2D eigenvalue weighted by molar-refractivity contribution is 0.170. The van der Waals surface area contributed by atoms with Crippen molar-refractivity contribution in [1.29, 1.82) is 0 Å². The van der Waals surface area contributed by atoms with Crippen LogP contribution in [0.15, 0.2) is 28.5 Å². The van der Waals surface area contributed by atoms with E-state index in [1.165, 1.54) is 0 Å². The second kappa shape index (κ2) is 5.89. The first-order valence-corrected chi connectivity index (χ1v) is 8.00. The molecule has 0 bridgehead atoms. The van der Waals surface area contributed by atoms with E-state index in [1.54, 1.807) is 29.0 Å². The quantitative estimate of drug-likeness (QED) is 0.872. The van der Waals surface area contributed by atoms with Crippen LogP contribution in [0.5, 0.6) is 5.75 Å². The van der Waals surface area contributed by atoms with Crippen molar-refractivity contribution >= 4 is 16.5 Å². The summed E-state index contributed by atoms with van der Waals surface area (Å²) >= 11 is 1.67. The molecule has 1 fully saturated rings. The van der Waals surface area contributed by atoms with Gasteiger partial charge in [0.05, 0.1) is 0 Å². The molecule has 1 aliphatic heterocycles. The maximum atomic E-state index is 11.8. The Labute approximate surface area is 127 Å². The van der Waals surface area contributed by atoms with Gasteiger partial charge in [0.25, 0.3) is 5.56 Å². The van der Waals surface area contributed by atoms with E-state index in [2.05, 4.69) is 9.88 Å². The van der Waals surface area contributed by atoms with E-state index < -0.39 is 0 Å². The van der Waals surface area contributed by atoms with Crippen molar-refractivity contribution in [2.45, 2.75) is 25.9 Å². The van der Waals surface area contributed by atoms with Gasteiger partial charge in [0.15, 0.2) is 5.13 Å². The maximum Gasteiger partial charge on any atom is 0.254 e. The molecule has 0 saturated carbocycles. The lowest BCUT2D eigenvalue weighted by atomic mass is 10.1. The fraction of sp³-hybridized carbons (Fsp3) is 0.467. The first-order chi connectivity index (χ1) is 10.1. The average molecular weight is 305 g/mol. The molecule has 0 aliphatic carbocycles. The van der Waals surface area contributed by atoms with E-state index in [0.717, 1.165) is 36.8 Å². The van der Waals surface area contributed by atoms with Crippen molar-refractivity contribution in [3.05, 3.63) is 39.8 Å². The van der Waals surface area contributed by atoms with Crippen LogP contribution in [0.25, 0.3) is 0 Å². The number of pyridine rings is 1. The zero-order chi connectivity index (χ0) is 14.8. The van der Waals surface area contributed by atoms with Crippen molar-refractivity contribution in [2.24, 2.45) is 7.05 Å². The number of hydrogen-bond acceptors (Lipinski definition) is 5. The molecule has 3 rings (SSSR count).